The minimum absolute atomic E-state index is 0.136. The molecule has 2 atom stereocenters. The number of para-hydroxylation sites is 1. The van der Waals surface area contributed by atoms with E-state index < -0.39 is 6.10 Å². The molecular weight excluding hydrogens is 202 g/mol. The van der Waals surface area contributed by atoms with Gasteiger partial charge < -0.3 is 9.84 Å². The number of aliphatic hydroxyl groups is 1. The Hall–Kier alpha value is -1.06. The Morgan fingerprint density at radius 2 is 1.94 bits per heavy atom. The molecule has 0 aromatic heterocycles. The predicted octanol–water partition coefficient (Wildman–Crippen LogP) is 1.58. The van der Waals surface area contributed by atoms with Gasteiger partial charge in [0, 0.05) is 5.56 Å². The Bertz CT molecular complexity index is 374. The van der Waals surface area contributed by atoms with E-state index in [1.54, 1.807) is 0 Å². The molecule has 1 aromatic rings. The summed E-state index contributed by atoms with van der Waals surface area (Å²) in [6.45, 7) is 2.79. The summed E-state index contributed by atoms with van der Waals surface area (Å²) in [5.74, 6) is 0.838. The molecule has 3 nitrogen and oxygen atoms in total. The lowest BCUT2D eigenvalue weighted by atomic mass is 9.98. The van der Waals surface area contributed by atoms with Crippen LogP contribution in [0.2, 0.25) is 0 Å². The van der Waals surface area contributed by atoms with Crippen LogP contribution >= 0.6 is 0 Å². The van der Waals surface area contributed by atoms with Gasteiger partial charge in [0.1, 0.15) is 18.5 Å². The Balaban J connectivity index is 1.85. The van der Waals surface area contributed by atoms with Gasteiger partial charge in [-0.3, -0.25) is 4.90 Å². The zero-order valence-electron chi connectivity index (χ0n) is 9.30. The van der Waals surface area contributed by atoms with Crippen LogP contribution in [0.1, 0.15) is 24.5 Å². The van der Waals surface area contributed by atoms with E-state index in [4.69, 9.17) is 4.74 Å². The molecule has 3 heteroatoms. The number of aliphatic hydroxyl groups excluding tert-OH is 1. The summed E-state index contributed by atoms with van der Waals surface area (Å²) in [4.78, 5) is 2.35. The minimum Gasteiger partial charge on any atom is -0.491 e. The summed E-state index contributed by atoms with van der Waals surface area (Å²) in [5, 5.41) is 10.4. The Kier molecular flexibility index (Phi) is 2.58. The molecule has 16 heavy (non-hydrogen) atoms. The molecule has 86 valence electrons. The van der Waals surface area contributed by atoms with E-state index in [0.717, 1.165) is 24.4 Å². The van der Waals surface area contributed by atoms with Crippen molar-refractivity contribution in [3.63, 3.8) is 0 Å². The van der Waals surface area contributed by atoms with E-state index in [1.165, 1.54) is 12.8 Å². The maximum atomic E-state index is 10.4. The van der Waals surface area contributed by atoms with Crippen LogP contribution in [-0.4, -0.2) is 35.7 Å². The second-order valence-electron chi connectivity index (χ2n) is 4.60. The third-order valence-electron chi connectivity index (χ3n) is 3.62. The number of rotatable bonds is 1. The topological polar surface area (TPSA) is 32.7 Å². The van der Waals surface area contributed by atoms with Crippen LogP contribution in [0.15, 0.2) is 24.3 Å². The first-order valence-corrected chi connectivity index (χ1v) is 6.00. The van der Waals surface area contributed by atoms with Crippen LogP contribution in [0.3, 0.4) is 0 Å². The molecule has 0 radical (unpaired) electrons. The minimum atomic E-state index is -0.400. The lowest BCUT2D eigenvalue weighted by Crippen LogP contribution is -2.44. The fraction of sp³-hybridized carbons (Fsp3) is 0.538. The average molecular weight is 219 g/mol. The predicted molar refractivity (Wildman–Crippen MR) is 61.5 cm³/mol. The monoisotopic (exact) mass is 219 g/mol. The molecule has 1 saturated heterocycles. The fourth-order valence-electron chi connectivity index (χ4n) is 2.71. The number of ether oxygens (including phenoxy) is 1. The Labute approximate surface area is 95.6 Å². The normalized spacial score (nSPS) is 29.8. The second kappa shape index (κ2) is 4.07. The number of hydrogen-bond acceptors (Lipinski definition) is 3. The van der Waals surface area contributed by atoms with Gasteiger partial charge in [-0.05, 0) is 32.0 Å². The van der Waals surface area contributed by atoms with Crippen molar-refractivity contribution in [1.29, 1.82) is 0 Å². The van der Waals surface area contributed by atoms with E-state index in [2.05, 4.69) is 4.90 Å². The summed E-state index contributed by atoms with van der Waals surface area (Å²) in [5.41, 5.74) is 0.936. The first-order chi connectivity index (χ1) is 7.86. The SMILES string of the molecule is O[C@H]1c2ccccc2OC[C@H]1N1CCCC1. The number of nitrogens with zero attached hydrogens (tertiary/aromatic N) is 1. The standard InChI is InChI=1S/C13H17NO2/c15-13-10-5-1-2-6-12(10)16-9-11(13)14-7-3-4-8-14/h1-2,5-6,11,13,15H,3-4,7-9H2/t11-,13+/m1/s1. The molecule has 3 rings (SSSR count). The number of fused-ring (bicyclic) bond motifs is 1. The number of hydrogen-bond donors (Lipinski definition) is 1. The van der Waals surface area contributed by atoms with Crippen molar-refractivity contribution in [1.82, 2.24) is 4.90 Å². The van der Waals surface area contributed by atoms with E-state index >= 15 is 0 Å². The van der Waals surface area contributed by atoms with Gasteiger partial charge in [0.15, 0.2) is 0 Å². The molecule has 1 fully saturated rings. The molecule has 0 aliphatic carbocycles. The van der Waals surface area contributed by atoms with Gasteiger partial charge in [0.25, 0.3) is 0 Å². The van der Waals surface area contributed by atoms with E-state index in [9.17, 15) is 5.11 Å². The van der Waals surface area contributed by atoms with Crippen LogP contribution in [0, 0.1) is 0 Å². The number of likely N-dealkylation sites (tertiary alicyclic amines) is 1. The highest BCUT2D eigenvalue weighted by atomic mass is 16.5. The van der Waals surface area contributed by atoms with Gasteiger partial charge in [-0.15, -0.1) is 0 Å². The van der Waals surface area contributed by atoms with Gasteiger partial charge in [-0.1, -0.05) is 18.2 Å². The molecule has 2 aliphatic rings. The highest BCUT2D eigenvalue weighted by molar-refractivity contribution is 5.37. The van der Waals surface area contributed by atoms with Gasteiger partial charge in [-0.25, -0.2) is 0 Å². The molecule has 1 aromatic carbocycles. The van der Waals surface area contributed by atoms with Gasteiger partial charge in [0.2, 0.25) is 0 Å². The molecule has 1 N–H and O–H groups in total. The number of benzene rings is 1. The molecule has 0 unspecified atom stereocenters. The third-order valence-corrected chi connectivity index (χ3v) is 3.62. The van der Waals surface area contributed by atoms with Crippen molar-refractivity contribution in [3.05, 3.63) is 29.8 Å². The van der Waals surface area contributed by atoms with Crippen molar-refractivity contribution < 1.29 is 9.84 Å². The molecular formula is C13H17NO2. The smallest absolute Gasteiger partial charge is 0.125 e. The Morgan fingerprint density at radius 1 is 1.19 bits per heavy atom. The Morgan fingerprint density at radius 3 is 2.75 bits per heavy atom. The van der Waals surface area contributed by atoms with E-state index in [1.807, 2.05) is 24.3 Å². The van der Waals surface area contributed by atoms with Crippen LogP contribution in [-0.2, 0) is 0 Å². The molecule has 0 bridgehead atoms. The van der Waals surface area contributed by atoms with Crippen LogP contribution in [0.5, 0.6) is 5.75 Å². The van der Waals surface area contributed by atoms with E-state index in [-0.39, 0.29) is 6.04 Å². The van der Waals surface area contributed by atoms with Gasteiger partial charge in [-0.2, -0.15) is 0 Å². The molecule has 0 amide bonds. The average Bonchev–Trinajstić information content (AvgIpc) is 2.83. The summed E-state index contributed by atoms with van der Waals surface area (Å²) in [6.07, 6.45) is 2.08. The zero-order valence-corrected chi connectivity index (χ0v) is 9.30. The fourth-order valence-corrected chi connectivity index (χ4v) is 2.71. The molecule has 0 saturated carbocycles. The quantitative estimate of drug-likeness (QED) is 0.778. The van der Waals surface area contributed by atoms with Gasteiger partial charge >= 0.3 is 0 Å². The first-order valence-electron chi connectivity index (χ1n) is 6.00. The molecule has 0 spiro atoms. The third kappa shape index (κ3) is 1.60. The van der Waals surface area contributed by atoms with Crippen molar-refractivity contribution in [2.24, 2.45) is 0 Å². The summed E-state index contributed by atoms with van der Waals surface area (Å²) >= 11 is 0. The largest absolute Gasteiger partial charge is 0.491 e. The first kappa shape index (κ1) is 10.1. The highest BCUT2D eigenvalue weighted by Gasteiger charge is 2.34. The molecule has 2 heterocycles. The van der Waals surface area contributed by atoms with Crippen LogP contribution < -0.4 is 4.74 Å². The maximum absolute atomic E-state index is 10.4. The second-order valence-corrected chi connectivity index (χ2v) is 4.60. The van der Waals surface area contributed by atoms with Crippen molar-refractivity contribution in [2.45, 2.75) is 25.0 Å². The van der Waals surface area contributed by atoms with Crippen LogP contribution in [0.25, 0.3) is 0 Å². The molecule has 2 aliphatic heterocycles. The van der Waals surface area contributed by atoms with Crippen molar-refractivity contribution >= 4 is 0 Å². The van der Waals surface area contributed by atoms with Crippen molar-refractivity contribution in [3.8, 4) is 5.75 Å². The van der Waals surface area contributed by atoms with Gasteiger partial charge in [0.05, 0.1) is 6.04 Å². The summed E-state index contributed by atoms with van der Waals surface area (Å²) in [7, 11) is 0. The lowest BCUT2D eigenvalue weighted by molar-refractivity contribution is 0.0140. The van der Waals surface area contributed by atoms with Crippen LogP contribution in [0.4, 0.5) is 0 Å². The zero-order chi connectivity index (χ0) is 11.0. The maximum Gasteiger partial charge on any atom is 0.125 e. The summed E-state index contributed by atoms with van der Waals surface area (Å²) < 4.78 is 5.72. The van der Waals surface area contributed by atoms with E-state index in [0.29, 0.717) is 6.61 Å². The lowest BCUT2D eigenvalue weighted by Gasteiger charge is -2.36. The summed E-state index contributed by atoms with van der Waals surface area (Å²) in [6, 6.07) is 7.93. The highest BCUT2D eigenvalue weighted by Crippen LogP contribution is 2.34. The van der Waals surface area contributed by atoms with Crippen molar-refractivity contribution in [2.75, 3.05) is 19.7 Å².